The zero-order chi connectivity index (χ0) is 50.0. The summed E-state index contributed by atoms with van der Waals surface area (Å²) in [5.41, 5.74) is 0. The van der Waals surface area contributed by atoms with Crippen LogP contribution in [0.25, 0.3) is 0 Å². The summed E-state index contributed by atoms with van der Waals surface area (Å²) < 4.78 is 16.8. The van der Waals surface area contributed by atoms with Crippen LogP contribution >= 0.6 is 0 Å². The van der Waals surface area contributed by atoms with Crippen LogP contribution in [0.3, 0.4) is 0 Å². The minimum absolute atomic E-state index is 0.0739. The van der Waals surface area contributed by atoms with E-state index >= 15 is 0 Å². The first kappa shape index (κ1) is 66.6. The Morgan fingerprint density at radius 3 is 0.870 bits per heavy atom. The van der Waals surface area contributed by atoms with Crippen molar-refractivity contribution in [2.45, 2.75) is 335 Å². The van der Waals surface area contributed by atoms with E-state index in [1.807, 2.05) is 0 Å². The molecule has 0 bridgehead atoms. The molecule has 1 unspecified atom stereocenters. The van der Waals surface area contributed by atoms with Crippen molar-refractivity contribution < 1.29 is 28.6 Å². The fourth-order valence-electron chi connectivity index (χ4n) is 9.01. The molecule has 404 valence electrons. The number of esters is 3. The third-order valence-electron chi connectivity index (χ3n) is 13.6. The Hall–Kier alpha value is -2.37. The minimum atomic E-state index is -0.775. The maximum absolute atomic E-state index is 12.8. The zero-order valence-electron chi connectivity index (χ0n) is 46.3. The van der Waals surface area contributed by atoms with Gasteiger partial charge in [0, 0.05) is 19.3 Å². The smallest absolute Gasteiger partial charge is 0.306 e. The predicted octanol–water partition coefficient (Wildman–Crippen LogP) is 20.4. The summed E-state index contributed by atoms with van der Waals surface area (Å²) in [6.07, 6.45) is 70.2. The van der Waals surface area contributed by atoms with Crippen LogP contribution in [0, 0.1) is 0 Å². The molecule has 0 fully saturated rings. The summed E-state index contributed by atoms with van der Waals surface area (Å²) in [4.78, 5) is 38.1. The third-order valence-corrected chi connectivity index (χ3v) is 13.6. The van der Waals surface area contributed by atoms with E-state index < -0.39 is 6.10 Å². The highest BCUT2D eigenvalue weighted by Crippen LogP contribution is 2.17. The Bertz CT molecular complexity index is 1160. The third kappa shape index (κ3) is 56.4. The highest BCUT2D eigenvalue weighted by atomic mass is 16.6. The summed E-state index contributed by atoms with van der Waals surface area (Å²) in [7, 11) is 0. The van der Waals surface area contributed by atoms with Gasteiger partial charge < -0.3 is 14.2 Å². The van der Waals surface area contributed by atoms with Gasteiger partial charge in [-0.05, 0) is 70.6 Å². The summed E-state index contributed by atoms with van der Waals surface area (Å²) >= 11 is 0. The Morgan fingerprint density at radius 2 is 0.551 bits per heavy atom. The maximum atomic E-state index is 12.8. The molecule has 6 heteroatoms. The average molecular weight is 970 g/mol. The van der Waals surface area contributed by atoms with Gasteiger partial charge in [0.1, 0.15) is 13.2 Å². The first-order valence-electron chi connectivity index (χ1n) is 30.5. The van der Waals surface area contributed by atoms with Crippen molar-refractivity contribution >= 4 is 17.9 Å². The van der Waals surface area contributed by atoms with Gasteiger partial charge in [-0.25, -0.2) is 0 Å². The second-order valence-electron chi connectivity index (χ2n) is 20.6. The molecule has 0 heterocycles. The zero-order valence-corrected chi connectivity index (χ0v) is 46.3. The summed E-state index contributed by atoms with van der Waals surface area (Å²) in [6, 6.07) is 0. The summed E-state index contributed by atoms with van der Waals surface area (Å²) in [5.74, 6) is -0.872. The van der Waals surface area contributed by atoms with Gasteiger partial charge in [-0.15, -0.1) is 0 Å². The van der Waals surface area contributed by atoms with Crippen LogP contribution < -0.4 is 0 Å². The molecule has 0 aliphatic carbocycles. The lowest BCUT2D eigenvalue weighted by Crippen LogP contribution is -2.30. The van der Waals surface area contributed by atoms with Gasteiger partial charge in [0.25, 0.3) is 0 Å². The number of unbranched alkanes of at least 4 members (excludes halogenated alkanes) is 39. The number of hydrogen-bond acceptors (Lipinski definition) is 6. The molecule has 0 saturated heterocycles. The molecule has 0 radical (unpaired) electrons. The molecule has 0 spiro atoms. The van der Waals surface area contributed by atoms with Crippen molar-refractivity contribution in [2.24, 2.45) is 0 Å². The van der Waals surface area contributed by atoms with E-state index in [9.17, 15) is 14.4 Å². The molecule has 0 aromatic carbocycles. The highest BCUT2D eigenvalue weighted by molar-refractivity contribution is 5.71. The second-order valence-corrected chi connectivity index (χ2v) is 20.6. The van der Waals surface area contributed by atoms with Crippen LogP contribution in [0.4, 0.5) is 0 Å². The number of ether oxygens (including phenoxy) is 3. The van der Waals surface area contributed by atoms with Crippen LogP contribution in [0.15, 0.2) is 36.5 Å². The molecule has 0 aromatic rings. The molecular weight excluding hydrogens is 853 g/mol. The van der Waals surface area contributed by atoms with Gasteiger partial charge in [0.2, 0.25) is 0 Å². The number of carbonyl (C=O) groups excluding carboxylic acids is 3. The highest BCUT2D eigenvalue weighted by Gasteiger charge is 2.19. The Balaban J connectivity index is 4.14. The van der Waals surface area contributed by atoms with Gasteiger partial charge in [-0.2, -0.15) is 0 Å². The predicted molar refractivity (Wildman–Crippen MR) is 298 cm³/mol. The summed E-state index contributed by atoms with van der Waals surface area (Å²) in [6.45, 7) is 6.60. The molecule has 0 aliphatic heterocycles. The fraction of sp³-hybridized carbons (Fsp3) is 0.857. The lowest BCUT2D eigenvalue weighted by molar-refractivity contribution is -0.167. The van der Waals surface area contributed by atoms with E-state index in [0.717, 1.165) is 89.9 Å². The Labute approximate surface area is 429 Å². The second kappa shape index (κ2) is 58.2. The van der Waals surface area contributed by atoms with Gasteiger partial charge in [0.05, 0.1) is 0 Å². The topological polar surface area (TPSA) is 78.9 Å². The van der Waals surface area contributed by atoms with Gasteiger partial charge >= 0.3 is 17.9 Å². The molecule has 6 nitrogen and oxygen atoms in total. The lowest BCUT2D eigenvalue weighted by atomic mass is 10.0. The largest absolute Gasteiger partial charge is 0.462 e. The number of allylic oxidation sites excluding steroid dienone is 6. The van der Waals surface area contributed by atoms with Gasteiger partial charge in [-0.1, -0.05) is 276 Å². The van der Waals surface area contributed by atoms with Gasteiger partial charge in [0.15, 0.2) is 6.10 Å². The van der Waals surface area contributed by atoms with Crippen LogP contribution in [0.5, 0.6) is 0 Å². The normalized spacial score (nSPS) is 12.2. The molecule has 0 aromatic heterocycles. The van der Waals surface area contributed by atoms with Crippen molar-refractivity contribution in [1.29, 1.82) is 0 Å². The van der Waals surface area contributed by atoms with Crippen LogP contribution in [-0.4, -0.2) is 37.2 Å². The van der Waals surface area contributed by atoms with Crippen LogP contribution in [-0.2, 0) is 28.6 Å². The number of rotatable bonds is 56. The van der Waals surface area contributed by atoms with E-state index in [4.69, 9.17) is 14.2 Å². The number of hydrogen-bond donors (Lipinski definition) is 0. The first-order valence-corrected chi connectivity index (χ1v) is 30.5. The van der Waals surface area contributed by atoms with Crippen molar-refractivity contribution in [3.05, 3.63) is 36.5 Å². The van der Waals surface area contributed by atoms with Crippen LogP contribution in [0.2, 0.25) is 0 Å². The summed E-state index contributed by atoms with van der Waals surface area (Å²) in [5, 5.41) is 0. The van der Waals surface area contributed by atoms with E-state index in [1.165, 1.54) is 199 Å². The Morgan fingerprint density at radius 1 is 0.290 bits per heavy atom. The van der Waals surface area contributed by atoms with Crippen molar-refractivity contribution in [3.8, 4) is 0 Å². The standard InChI is InChI=1S/C63H116O6/c1-4-7-10-13-16-19-22-24-25-26-27-28-29-30-31-32-33-34-35-36-37-39-41-44-47-50-53-56-62(65)68-59-60(58-67-61(64)55-52-49-46-43-40-21-18-15-12-9-6-3)69-63(66)57-54-51-48-45-42-38-23-20-17-14-11-8-5-2/h11,14,20,23,26-27,60H,4-10,12-13,15-19,21-22,24-25,28-59H2,1-3H3/b14-11-,23-20-,27-26-. The molecule has 69 heavy (non-hydrogen) atoms. The molecule has 0 N–H and O–H groups in total. The van der Waals surface area contributed by atoms with Crippen LogP contribution in [0.1, 0.15) is 329 Å². The number of carbonyl (C=O) groups is 3. The first-order chi connectivity index (χ1) is 34.0. The molecule has 0 amide bonds. The molecule has 0 aliphatic rings. The molecule has 1 atom stereocenters. The average Bonchev–Trinajstić information content (AvgIpc) is 3.35. The minimum Gasteiger partial charge on any atom is -0.462 e. The SMILES string of the molecule is CCC/C=C\C/C=C\CCCCCCCC(=O)OC(COC(=O)CCCCCCCCCCCCC)COC(=O)CCCCCCCCCCCCCCCCC/C=C\CCCCCCCCCC. The van der Waals surface area contributed by atoms with Gasteiger partial charge in [-0.3, -0.25) is 14.4 Å². The van der Waals surface area contributed by atoms with E-state index in [-0.39, 0.29) is 31.1 Å². The molecule has 0 saturated carbocycles. The quantitative estimate of drug-likeness (QED) is 0.0261. The molecular formula is C63H116O6. The van der Waals surface area contributed by atoms with E-state index in [0.29, 0.717) is 19.3 Å². The maximum Gasteiger partial charge on any atom is 0.306 e. The van der Waals surface area contributed by atoms with Crippen molar-refractivity contribution in [1.82, 2.24) is 0 Å². The monoisotopic (exact) mass is 969 g/mol. The Kier molecular flexibility index (Phi) is 56.2. The van der Waals surface area contributed by atoms with E-state index in [1.54, 1.807) is 0 Å². The van der Waals surface area contributed by atoms with Crippen molar-refractivity contribution in [3.63, 3.8) is 0 Å². The fourth-order valence-corrected chi connectivity index (χ4v) is 9.01. The lowest BCUT2D eigenvalue weighted by Gasteiger charge is -2.18. The molecule has 0 rings (SSSR count). The van der Waals surface area contributed by atoms with Crippen molar-refractivity contribution in [2.75, 3.05) is 13.2 Å². The van der Waals surface area contributed by atoms with E-state index in [2.05, 4.69) is 57.2 Å².